The highest BCUT2D eigenvalue weighted by atomic mass is 32.2. The summed E-state index contributed by atoms with van der Waals surface area (Å²) in [7, 11) is -0.892. The van der Waals surface area contributed by atoms with E-state index < -0.39 is 16.1 Å². The highest BCUT2D eigenvalue weighted by Gasteiger charge is 2.30. The molecule has 1 aliphatic heterocycles. The second-order valence-corrected chi connectivity index (χ2v) is 6.72. The number of rotatable bonds is 5. The molecule has 0 bridgehead atoms. The molecule has 0 aliphatic carbocycles. The molecule has 6 nitrogen and oxygen atoms in total. The quantitative estimate of drug-likeness (QED) is 0.906. The summed E-state index contributed by atoms with van der Waals surface area (Å²) in [6, 6.07) is 11.6. The highest BCUT2D eigenvalue weighted by Crippen LogP contribution is 2.34. The smallest absolute Gasteiger partial charge is 0.245 e. The van der Waals surface area contributed by atoms with Gasteiger partial charge in [-0.05, 0) is 18.2 Å². The van der Waals surface area contributed by atoms with Gasteiger partial charge in [0.25, 0.3) is 0 Å². The minimum Gasteiger partial charge on any atom is -0.497 e. The molecule has 122 valence electrons. The molecule has 0 spiro atoms. The van der Waals surface area contributed by atoms with Crippen molar-refractivity contribution in [3.63, 3.8) is 0 Å². The monoisotopic (exact) mass is 335 g/mol. The Balaban J connectivity index is 1.94. The van der Waals surface area contributed by atoms with Gasteiger partial charge in [0, 0.05) is 11.6 Å². The number of methoxy groups -OCH3 is 2. The maximum Gasteiger partial charge on any atom is 0.245 e. The fourth-order valence-corrected chi connectivity index (χ4v) is 3.89. The average molecular weight is 335 g/mol. The third-order valence-electron chi connectivity index (χ3n) is 3.66. The van der Waals surface area contributed by atoms with E-state index in [1.54, 1.807) is 12.1 Å². The van der Waals surface area contributed by atoms with Crippen molar-refractivity contribution in [3.8, 4) is 17.2 Å². The van der Waals surface area contributed by atoms with Crippen molar-refractivity contribution >= 4 is 10.0 Å². The molecule has 0 saturated heterocycles. The molecule has 0 amide bonds. The fraction of sp³-hybridized carbons (Fsp3) is 0.250. The molecule has 1 heterocycles. The first kappa shape index (κ1) is 15.6. The van der Waals surface area contributed by atoms with Gasteiger partial charge in [-0.3, -0.25) is 0 Å². The van der Waals surface area contributed by atoms with Gasteiger partial charge in [0.2, 0.25) is 10.0 Å². The van der Waals surface area contributed by atoms with Gasteiger partial charge in [-0.1, -0.05) is 18.2 Å². The summed E-state index contributed by atoms with van der Waals surface area (Å²) < 4.78 is 43.9. The summed E-state index contributed by atoms with van der Waals surface area (Å²) in [5, 5.41) is 0. The number of hydrogen-bond acceptors (Lipinski definition) is 5. The van der Waals surface area contributed by atoms with Crippen molar-refractivity contribution in [1.29, 1.82) is 0 Å². The molecule has 1 aliphatic rings. The van der Waals surface area contributed by atoms with Crippen LogP contribution in [-0.4, -0.2) is 29.2 Å². The van der Waals surface area contributed by atoms with Crippen LogP contribution in [0.15, 0.2) is 47.4 Å². The molecular formula is C16H17NO5S. The molecule has 3 rings (SSSR count). The van der Waals surface area contributed by atoms with E-state index in [-0.39, 0.29) is 17.3 Å². The Hall–Kier alpha value is -2.25. The Morgan fingerprint density at radius 3 is 2.65 bits per heavy atom. The lowest BCUT2D eigenvalue weighted by molar-refractivity contribution is 0.324. The molecular weight excluding hydrogens is 318 g/mol. The SMILES string of the molecule is COc1ccc(OC)c(S(=O)(=O)NC2COc3ccccc32)c1. The molecule has 2 aromatic carbocycles. The first-order chi connectivity index (χ1) is 11.0. The average Bonchev–Trinajstić information content (AvgIpc) is 2.97. The Kier molecular flexibility index (Phi) is 4.14. The van der Waals surface area contributed by atoms with Gasteiger partial charge in [0.05, 0.1) is 20.3 Å². The van der Waals surface area contributed by atoms with E-state index in [0.29, 0.717) is 11.5 Å². The van der Waals surface area contributed by atoms with Crippen LogP contribution in [0, 0.1) is 0 Å². The third-order valence-corrected chi connectivity index (χ3v) is 5.15. The van der Waals surface area contributed by atoms with E-state index in [4.69, 9.17) is 14.2 Å². The zero-order valence-corrected chi connectivity index (χ0v) is 13.6. The molecule has 0 radical (unpaired) electrons. The van der Waals surface area contributed by atoms with Gasteiger partial charge in [0.1, 0.15) is 28.8 Å². The predicted molar refractivity (Wildman–Crippen MR) is 84.5 cm³/mol. The Labute approximate surface area is 135 Å². The first-order valence-electron chi connectivity index (χ1n) is 7.01. The molecule has 1 N–H and O–H groups in total. The summed E-state index contributed by atoms with van der Waals surface area (Å²) >= 11 is 0. The Morgan fingerprint density at radius 2 is 1.91 bits per heavy atom. The summed E-state index contributed by atoms with van der Waals surface area (Å²) in [4.78, 5) is 0.0312. The van der Waals surface area contributed by atoms with Crippen LogP contribution in [-0.2, 0) is 10.0 Å². The molecule has 7 heteroatoms. The normalized spacial score (nSPS) is 16.5. The molecule has 0 saturated carbocycles. The van der Waals surface area contributed by atoms with Crippen molar-refractivity contribution < 1.29 is 22.6 Å². The van der Waals surface area contributed by atoms with Gasteiger partial charge in [-0.25, -0.2) is 8.42 Å². The van der Waals surface area contributed by atoms with Crippen molar-refractivity contribution in [2.24, 2.45) is 0 Å². The summed E-state index contributed by atoms with van der Waals surface area (Å²) in [6.07, 6.45) is 0. The van der Waals surface area contributed by atoms with Crippen LogP contribution in [0.25, 0.3) is 0 Å². The largest absolute Gasteiger partial charge is 0.497 e. The summed E-state index contributed by atoms with van der Waals surface area (Å²) in [6.45, 7) is 0.255. The lowest BCUT2D eigenvalue weighted by Gasteiger charge is -2.15. The predicted octanol–water partition coefficient (Wildman–Crippen LogP) is 2.12. The molecule has 0 fully saturated rings. The van der Waals surface area contributed by atoms with E-state index in [9.17, 15) is 8.42 Å². The van der Waals surface area contributed by atoms with Gasteiger partial charge >= 0.3 is 0 Å². The number of nitrogens with one attached hydrogen (secondary N) is 1. The van der Waals surface area contributed by atoms with Crippen LogP contribution < -0.4 is 18.9 Å². The lowest BCUT2D eigenvalue weighted by atomic mass is 10.1. The number of fused-ring (bicyclic) bond motifs is 1. The topological polar surface area (TPSA) is 73.9 Å². The number of benzene rings is 2. The van der Waals surface area contributed by atoms with Gasteiger partial charge in [0.15, 0.2) is 0 Å². The van der Waals surface area contributed by atoms with Crippen LogP contribution in [0.3, 0.4) is 0 Å². The highest BCUT2D eigenvalue weighted by molar-refractivity contribution is 7.89. The summed E-state index contributed by atoms with van der Waals surface area (Å²) in [5.41, 5.74) is 0.818. The summed E-state index contributed by atoms with van der Waals surface area (Å²) in [5.74, 6) is 1.39. The van der Waals surface area contributed by atoms with Gasteiger partial charge < -0.3 is 14.2 Å². The van der Waals surface area contributed by atoms with Gasteiger partial charge in [-0.15, -0.1) is 0 Å². The van der Waals surface area contributed by atoms with Crippen molar-refractivity contribution in [2.75, 3.05) is 20.8 Å². The Bertz CT molecular complexity index is 819. The van der Waals surface area contributed by atoms with E-state index in [0.717, 1.165) is 5.56 Å². The second kappa shape index (κ2) is 6.10. The number of ether oxygens (including phenoxy) is 3. The lowest BCUT2D eigenvalue weighted by Crippen LogP contribution is -2.29. The fourth-order valence-electron chi connectivity index (χ4n) is 2.51. The van der Waals surface area contributed by atoms with Crippen molar-refractivity contribution in [3.05, 3.63) is 48.0 Å². The number of sulfonamides is 1. The maximum absolute atomic E-state index is 12.7. The van der Waals surface area contributed by atoms with Crippen LogP contribution in [0.2, 0.25) is 0 Å². The Morgan fingerprint density at radius 1 is 1.13 bits per heavy atom. The standard InChI is InChI=1S/C16H17NO5S/c1-20-11-7-8-15(21-2)16(9-11)23(18,19)17-13-10-22-14-6-4-3-5-12(13)14/h3-9,13,17H,10H2,1-2H3. The zero-order valence-electron chi connectivity index (χ0n) is 12.8. The molecule has 2 aromatic rings. The second-order valence-electron chi connectivity index (χ2n) is 5.04. The van der Waals surface area contributed by atoms with E-state index >= 15 is 0 Å². The molecule has 23 heavy (non-hydrogen) atoms. The minimum atomic E-state index is -3.80. The van der Waals surface area contributed by atoms with Crippen LogP contribution in [0.4, 0.5) is 0 Å². The number of para-hydroxylation sites is 1. The first-order valence-corrected chi connectivity index (χ1v) is 8.49. The van der Waals surface area contributed by atoms with Crippen LogP contribution >= 0.6 is 0 Å². The van der Waals surface area contributed by atoms with Crippen molar-refractivity contribution in [1.82, 2.24) is 4.72 Å². The van der Waals surface area contributed by atoms with Crippen LogP contribution in [0.5, 0.6) is 17.2 Å². The molecule has 1 unspecified atom stereocenters. The molecule has 1 atom stereocenters. The minimum absolute atomic E-state index is 0.0312. The van der Waals surface area contributed by atoms with E-state index in [2.05, 4.69) is 4.72 Å². The maximum atomic E-state index is 12.7. The number of hydrogen-bond donors (Lipinski definition) is 1. The van der Waals surface area contributed by atoms with Crippen LogP contribution in [0.1, 0.15) is 11.6 Å². The van der Waals surface area contributed by atoms with E-state index in [1.807, 2.05) is 24.3 Å². The third kappa shape index (κ3) is 2.97. The molecule has 0 aromatic heterocycles. The zero-order chi connectivity index (χ0) is 16.4. The van der Waals surface area contributed by atoms with Crippen molar-refractivity contribution in [2.45, 2.75) is 10.9 Å². The van der Waals surface area contributed by atoms with Gasteiger partial charge in [-0.2, -0.15) is 4.72 Å². The van der Waals surface area contributed by atoms with E-state index in [1.165, 1.54) is 20.3 Å².